The van der Waals surface area contributed by atoms with E-state index in [1.165, 1.54) is 54.4 Å². The first kappa shape index (κ1) is 28.3. The van der Waals surface area contributed by atoms with E-state index >= 15 is 0 Å². The molecule has 4 nitrogen and oxygen atoms in total. The van der Waals surface area contributed by atoms with Crippen LogP contribution in [0.4, 0.5) is 0 Å². The summed E-state index contributed by atoms with van der Waals surface area (Å²) in [5, 5.41) is 7.37. The third kappa shape index (κ3) is 4.19. The van der Waals surface area contributed by atoms with Crippen molar-refractivity contribution in [2.24, 2.45) is 0 Å². The van der Waals surface area contributed by atoms with Crippen molar-refractivity contribution in [3.05, 3.63) is 170 Å². The Morgan fingerprint density at radius 3 is 1.25 bits per heavy atom. The van der Waals surface area contributed by atoms with Crippen molar-refractivity contribution in [3.63, 3.8) is 0 Å². The number of fused-ring (bicyclic) bond motifs is 9. The van der Waals surface area contributed by atoms with Crippen LogP contribution in [0.15, 0.2) is 170 Å². The van der Waals surface area contributed by atoms with Crippen LogP contribution < -0.4 is 0 Å². The average Bonchev–Trinajstić information content (AvgIpc) is 3.86. The van der Waals surface area contributed by atoms with Crippen molar-refractivity contribution < 1.29 is 0 Å². The second-order valence-corrected chi connectivity index (χ2v) is 14.1. The van der Waals surface area contributed by atoms with Gasteiger partial charge in [0.05, 0.1) is 31.5 Å². The number of aromatic nitrogens is 4. The molecule has 0 N–H and O–H groups in total. The van der Waals surface area contributed by atoms with E-state index in [9.17, 15) is 0 Å². The Morgan fingerprint density at radius 1 is 0.373 bits per heavy atom. The molecule has 0 unspecified atom stereocenters. The third-order valence-electron chi connectivity index (χ3n) is 10.3. The van der Waals surface area contributed by atoms with Gasteiger partial charge in [0.25, 0.3) is 0 Å². The number of hydrogen-bond donors (Lipinski definition) is 0. The second kappa shape index (κ2) is 11.0. The van der Waals surface area contributed by atoms with Gasteiger partial charge in [0.2, 0.25) is 0 Å². The Kier molecular flexibility index (Phi) is 6.09. The van der Waals surface area contributed by atoms with Crippen molar-refractivity contribution in [3.8, 4) is 33.6 Å². The number of hydrogen-bond acceptors (Lipinski definition) is 3. The summed E-state index contributed by atoms with van der Waals surface area (Å²) in [6.07, 6.45) is 8.08. The van der Waals surface area contributed by atoms with Crippen LogP contribution in [0.1, 0.15) is 0 Å². The van der Waals surface area contributed by atoms with Gasteiger partial charge in [-0.3, -0.25) is 9.97 Å². The molecule has 0 fully saturated rings. The average molecular weight is 669 g/mol. The van der Waals surface area contributed by atoms with Crippen LogP contribution in [0.2, 0.25) is 0 Å². The smallest absolute Gasteiger partial charge is 0.0545 e. The van der Waals surface area contributed by atoms with E-state index in [2.05, 4.69) is 155 Å². The van der Waals surface area contributed by atoms with Gasteiger partial charge in [-0.05, 0) is 71.8 Å². The molecule has 0 saturated heterocycles. The molecule has 5 heterocycles. The quantitative estimate of drug-likeness (QED) is 0.187. The Balaban J connectivity index is 1.15. The fourth-order valence-corrected chi connectivity index (χ4v) is 9.19. The molecule has 0 bridgehead atoms. The summed E-state index contributed by atoms with van der Waals surface area (Å²) < 4.78 is 7.04. The molecule has 0 atom stereocenters. The summed E-state index contributed by atoms with van der Waals surface area (Å²) in [5.74, 6) is 0. The Hall–Kier alpha value is -6.56. The zero-order valence-corrected chi connectivity index (χ0v) is 28.2. The maximum Gasteiger partial charge on any atom is 0.0545 e. The normalized spacial score (nSPS) is 11.9. The zero-order valence-electron chi connectivity index (χ0n) is 27.4. The highest BCUT2D eigenvalue weighted by Gasteiger charge is 2.20. The Morgan fingerprint density at radius 2 is 0.784 bits per heavy atom. The lowest BCUT2D eigenvalue weighted by Gasteiger charge is -2.10. The fourth-order valence-electron chi connectivity index (χ4n) is 8.10. The molecular formula is C46H28N4S. The van der Waals surface area contributed by atoms with Gasteiger partial charge in [-0.2, -0.15) is 0 Å². The molecule has 11 aromatic rings. The van der Waals surface area contributed by atoms with Gasteiger partial charge in [-0.25, -0.2) is 0 Å². The van der Waals surface area contributed by atoms with Gasteiger partial charge in [0, 0.05) is 79.6 Å². The van der Waals surface area contributed by atoms with E-state index in [1.807, 2.05) is 24.8 Å². The second-order valence-electron chi connectivity index (χ2n) is 13.1. The summed E-state index contributed by atoms with van der Waals surface area (Å²) in [5.41, 5.74) is 11.7. The Bertz CT molecular complexity index is 2920. The first-order valence-corrected chi connectivity index (χ1v) is 18.0. The van der Waals surface area contributed by atoms with Crippen LogP contribution in [-0.4, -0.2) is 19.1 Å². The standard InChI is InChI=1S/C46H28N4S/c1-3-11-31(12-4-1)49-39-17-9-7-15-33(39)35-23-29(19-21-41(35)49)37-25-47-27-43-45(37)46-38(26-48-28-44(46)51-43)30-20-22-42-36(24-30)34-16-8-10-18-40(34)50(42)32-13-5-2-6-14-32/h1-28H. The van der Waals surface area contributed by atoms with E-state index < -0.39 is 0 Å². The molecule has 0 radical (unpaired) electrons. The van der Waals surface area contributed by atoms with Crippen LogP contribution in [0.5, 0.6) is 0 Å². The topological polar surface area (TPSA) is 35.6 Å². The molecule has 11 rings (SSSR count). The molecule has 0 spiro atoms. The minimum atomic E-state index is 1.13. The van der Waals surface area contributed by atoms with Crippen molar-refractivity contribution in [2.45, 2.75) is 0 Å². The van der Waals surface area contributed by atoms with E-state index in [0.717, 1.165) is 43.0 Å². The highest BCUT2D eigenvalue weighted by Crippen LogP contribution is 2.45. The van der Waals surface area contributed by atoms with Crippen molar-refractivity contribution in [1.82, 2.24) is 19.1 Å². The van der Waals surface area contributed by atoms with Crippen molar-refractivity contribution >= 4 is 75.1 Å². The van der Waals surface area contributed by atoms with E-state index in [4.69, 9.17) is 9.97 Å². The number of thiophene rings is 1. The molecular weight excluding hydrogens is 641 g/mol. The van der Waals surface area contributed by atoms with E-state index in [1.54, 1.807) is 11.3 Å². The molecule has 5 aromatic heterocycles. The van der Waals surface area contributed by atoms with Gasteiger partial charge >= 0.3 is 0 Å². The first-order valence-electron chi connectivity index (χ1n) is 17.1. The predicted octanol–water partition coefficient (Wildman–Crippen LogP) is 12.4. The molecule has 0 aliphatic carbocycles. The van der Waals surface area contributed by atoms with Crippen LogP contribution >= 0.6 is 11.3 Å². The number of para-hydroxylation sites is 4. The van der Waals surface area contributed by atoms with Crippen LogP contribution in [-0.2, 0) is 0 Å². The third-order valence-corrected chi connectivity index (χ3v) is 11.3. The van der Waals surface area contributed by atoms with Gasteiger partial charge in [0.1, 0.15) is 0 Å². The maximum absolute atomic E-state index is 4.77. The molecule has 51 heavy (non-hydrogen) atoms. The molecule has 0 aliphatic heterocycles. The SMILES string of the molecule is c1ccc(-n2c3ccccc3c3cc(-c4cncc5sc6cncc(-c7ccc8c(c7)c7ccccc7n8-c7ccccc7)c6c45)ccc32)cc1. The summed E-state index contributed by atoms with van der Waals surface area (Å²) in [7, 11) is 0. The van der Waals surface area contributed by atoms with Crippen LogP contribution in [0.3, 0.4) is 0 Å². The van der Waals surface area contributed by atoms with E-state index in [-0.39, 0.29) is 0 Å². The summed E-state index contributed by atoms with van der Waals surface area (Å²) in [6, 6.07) is 52.4. The largest absolute Gasteiger partial charge is 0.309 e. The highest BCUT2D eigenvalue weighted by molar-refractivity contribution is 7.26. The number of nitrogens with zero attached hydrogens (tertiary/aromatic N) is 4. The zero-order chi connectivity index (χ0) is 33.5. The van der Waals surface area contributed by atoms with Crippen molar-refractivity contribution in [2.75, 3.05) is 0 Å². The maximum atomic E-state index is 4.77. The van der Waals surface area contributed by atoms with Gasteiger partial charge in [0.15, 0.2) is 0 Å². The van der Waals surface area contributed by atoms with Gasteiger partial charge < -0.3 is 9.13 Å². The lowest BCUT2D eigenvalue weighted by atomic mass is 9.95. The van der Waals surface area contributed by atoms with Gasteiger partial charge in [-0.15, -0.1) is 11.3 Å². The molecule has 0 saturated carbocycles. The predicted molar refractivity (Wildman–Crippen MR) is 214 cm³/mol. The molecule has 0 aliphatic rings. The number of rotatable bonds is 4. The van der Waals surface area contributed by atoms with Crippen LogP contribution in [0, 0.1) is 0 Å². The number of pyridine rings is 2. The fraction of sp³-hybridized carbons (Fsp3) is 0. The summed E-state index contributed by atoms with van der Waals surface area (Å²) in [6.45, 7) is 0. The molecule has 5 heteroatoms. The highest BCUT2D eigenvalue weighted by atomic mass is 32.1. The van der Waals surface area contributed by atoms with Gasteiger partial charge in [-0.1, -0.05) is 84.9 Å². The lowest BCUT2D eigenvalue weighted by molar-refractivity contribution is 1.18. The minimum absolute atomic E-state index is 1.13. The molecule has 0 amide bonds. The lowest BCUT2D eigenvalue weighted by Crippen LogP contribution is -1.93. The van der Waals surface area contributed by atoms with E-state index in [0.29, 0.717) is 0 Å². The van der Waals surface area contributed by atoms with Crippen molar-refractivity contribution in [1.29, 1.82) is 0 Å². The summed E-state index contributed by atoms with van der Waals surface area (Å²) >= 11 is 1.76. The number of benzene rings is 6. The monoisotopic (exact) mass is 668 g/mol. The van der Waals surface area contributed by atoms with Crippen LogP contribution in [0.25, 0.3) is 97.4 Å². The molecule has 6 aromatic carbocycles. The minimum Gasteiger partial charge on any atom is -0.309 e. The Labute approximate surface area is 297 Å². The summed E-state index contributed by atoms with van der Waals surface area (Å²) in [4.78, 5) is 9.54. The first-order chi connectivity index (χ1) is 25.3. The molecule has 238 valence electrons.